The van der Waals surface area contributed by atoms with E-state index < -0.39 is 5.54 Å². The Bertz CT molecular complexity index is 295. The lowest BCUT2D eigenvalue weighted by Gasteiger charge is -2.40. The first-order valence-electron chi connectivity index (χ1n) is 5.43. The van der Waals surface area contributed by atoms with Gasteiger partial charge in [-0.15, -0.1) is 0 Å². The molecular formula is C10H17N3O2. The van der Waals surface area contributed by atoms with Gasteiger partial charge in [-0.25, -0.2) is 4.79 Å². The first kappa shape index (κ1) is 10.4. The van der Waals surface area contributed by atoms with E-state index in [1.807, 2.05) is 13.8 Å². The Labute approximate surface area is 89.2 Å². The van der Waals surface area contributed by atoms with E-state index in [0.29, 0.717) is 6.54 Å². The molecule has 0 bridgehead atoms. The predicted molar refractivity (Wildman–Crippen MR) is 55.3 cm³/mol. The number of piperidine rings is 1. The number of nitrogens with zero attached hydrogens (tertiary/aromatic N) is 1. The highest BCUT2D eigenvalue weighted by molar-refractivity contribution is 6.07. The molecular weight excluding hydrogens is 194 g/mol. The summed E-state index contributed by atoms with van der Waals surface area (Å²) < 4.78 is 0. The van der Waals surface area contributed by atoms with Gasteiger partial charge in [0.2, 0.25) is 0 Å². The van der Waals surface area contributed by atoms with Crippen LogP contribution in [-0.2, 0) is 4.79 Å². The van der Waals surface area contributed by atoms with Crippen LogP contribution in [0.3, 0.4) is 0 Å². The van der Waals surface area contributed by atoms with Gasteiger partial charge in [0.05, 0.1) is 0 Å². The molecule has 2 N–H and O–H groups in total. The lowest BCUT2D eigenvalue weighted by atomic mass is 9.88. The summed E-state index contributed by atoms with van der Waals surface area (Å²) in [6.07, 6.45) is 1.69. The van der Waals surface area contributed by atoms with Crippen LogP contribution in [0.1, 0.15) is 26.7 Å². The molecule has 2 rings (SSSR count). The molecule has 0 aromatic carbocycles. The van der Waals surface area contributed by atoms with Crippen molar-refractivity contribution in [2.24, 2.45) is 0 Å². The quantitative estimate of drug-likeness (QED) is 0.603. The van der Waals surface area contributed by atoms with Crippen molar-refractivity contribution in [2.75, 3.05) is 13.1 Å². The van der Waals surface area contributed by atoms with Gasteiger partial charge in [0.1, 0.15) is 5.54 Å². The van der Waals surface area contributed by atoms with E-state index >= 15 is 0 Å². The Kier molecular flexibility index (Phi) is 2.42. The fourth-order valence-electron chi connectivity index (χ4n) is 2.60. The van der Waals surface area contributed by atoms with Crippen LogP contribution in [0.15, 0.2) is 0 Å². The Morgan fingerprint density at radius 1 is 1.40 bits per heavy atom. The third-order valence-electron chi connectivity index (χ3n) is 3.20. The molecule has 0 aromatic rings. The standard InChI is InChI=1S/C10H17N3O2/c1-7(2)13-9(15)12-8(14)10(13)4-3-5-11-6-10/h7,11H,3-6H2,1-2H3,(H,12,14,15). The second-order valence-corrected chi connectivity index (χ2v) is 4.53. The van der Waals surface area contributed by atoms with Crippen molar-refractivity contribution in [1.29, 1.82) is 0 Å². The number of carbonyl (C=O) groups excluding carboxylic acids is 2. The zero-order valence-corrected chi connectivity index (χ0v) is 9.17. The molecule has 0 aromatic heterocycles. The largest absolute Gasteiger partial charge is 0.325 e. The Morgan fingerprint density at radius 3 is 2.67 bits per heavy atom. The average molecular weight is 211 g/mol. The summed E-state index contributed by atoms with van der Waals surface area (Å²) in [5, 5.41) is 5.62. The highest BCUT2D eigenvalue weighted by Crippen LogP contribution is 2.30. The Morgan fingerprint density at radius 2 is 2.13 bits per heavy atom. The third-order valence-corrected chi connectivity index (χ3v) is 3.20. The summed E-state index contributed by atoms with van der Waals surface area (Å²) in [5.41, 5.74) is -0.635. The number of amides is 3. The lowest BCUT2D eigenvalue weighted by Crippen LogP contribution is -2.60. The number of carbonyl (C=O) groups is 2. The molecule has 15 heavy (non-hydrogen) atoms. The molecule has 2 aliphatic rings. The van der Waals surface area contributed by atoms with Crippen molar-refractivity contribution in [1.82, 2.24) is 15.5 Å². The van der Waals surface area contributed by atoms with E-state index in [4.69, 9.17) is 0 Å². The fourth-order valence-corrected chi connectivity index (χ4v) is 2.60. The molecule has 2 aliphatic heterocycles. The molecule has 5 nitrogen and oxygen atoms in total. The maximum atomic E-state index is 11.9. The van der Waals surface area contributed by atoms with Crippen LogP contribution in [0.5, 0.6) is 0 Å². The lowest BCUT2D eigenvalue weighted by molar-refractivity contribution is -0.128. The van der Waals surface area contributed by atoms with Gasteiger partial charge in [-0.05, 0) is 33.2 Å². The second-order valence-electron chi connectivity index (χ2n) is 4.53. The van der Waals surface area contributed by atoms with Crippen LogP contribution in [0, 0.1) is 0 Å². The summed E-state index contributed by atoms with van der Waals surface area (Å²) in [4.78, 5) is 25.2. The summed E-state index contributed by atoms with van der Waals surface area (Å²) in [6.45, 7) is 5.38. The molecule has 2 fully saturated rings. The molecule has 2 heterocycles. The summed E-state index contributed by atoms with van der Waals surface area (Å²) >= 11 is 0. The molecule has 2 saturated heterocycles. The molecule has 3 amide bonds. The Hall–Kier alpha value is -1.10. The van der Waals surface area contributed by atoms with Crippen LogP contribution in [0.25, 0.3) is 0 Å². The van der Waals surface area contributed by atoms with Gasteiger partial charge >= 0.3 is 6.03 Å². The molecule has 1 atom stereocenters. The average Bonchev–Trinajstić information content (AvgIpc) is 2.39. The van der Waals surface area contributed by atoms with Gasteiger partial charge in [0.15, 0.2) is 0 Å². The van der Waals surface area contributed by atoms with Gasteiger partial charge in [-0.3, -0.25) is 10.1 Å². The topological polar surface area (TPSA) is 61.4 Å². The molecule has 1 spiro atoms. The first-order valence-corrected chi connectivity index (χ1v) is 5.43. The molecule has 0 aliphatic carbocycles. The van der Waals surface area contributed by atoms with Crippen molar-refractivity contribution >= 4 is 11.9 Å². The van der Waals surface area contributed by atoms with Gasteiger partial charge in [-0.2, -0.15) is 0 Å². The predicted octanol–water partition coefficient (Wildman–Crippen LogP) is 0.0688. The number of nitrogens with one attached hydrogen (secondary N) is 2. The van der Waals surface area contributed by atoms with Gasteiger partial charge in [-0.1, -0.05) is 0 Å². The smallest absolute Gasteiger partial charge is 0.314 e. The number of imide groups is 1. The van der Waals surface area contributed by atoms with E-state index in [1.54, 1.807) is 4.90 Å². The zero-order valence-electron chi connectivity index (χ0n) is 9.17. The van der Waals surface area contributed by atoms with Crippen molar-refractivity contribution in [3.8, 4) is 0 Å². The second kappa shape index (κ2) is 3.48. The highest BCUT2D eigenvalue weighted by atomic mass is 16.2. The summed E-state index contributed by atoms with van der Waals surface area (Å²) in [5.74, 6) is -0.145. The van der Waals surface area contributed by atoms with Crippen LogP contribution in [0.4, 0.5) is 4.79 Å². The highest BCUT2D eigenvalue weighted by Gasteiger charge is 2.53. The fraction of sp³-hybridized carbons (Fsp3) is 0.800. The zero-order chi connectivity index (χ0) is 11.1. The Balaban J connectivity index is 2.33. The minimum atomic E-state index is -0.635. The molecule has 84 valence electrons. The molecule has 5 heteroatoms. The van der Waals surface area contributed by atoms with E-state index in [9.17, 15) is 9.59 Å². The van der Waals surface area contributed by atoms with Crippen LogP contribution in [-0.4, -0.2) is 41.5 Å². The van der Waals surface area contributed by atoms with E-state index in [0.717, 1.165) is 19.4 Å². The molecule has 1 unspecified atom stereocenters. The number of hydrogen-bond donors (Lipinski definition) is 2. The van der Waals surface area contributed by atoms with E-state index in [1.165, 1.54) is 0 Å². The number of urea groups is 1. The maximum Gasteiger partial charge on any atom is 0.325 e. The number of rotatable bonds is 1. The van der Waals surface area contributed by atoms with Crippen LogP contribution < -0.4 is 10.6 Å². The maximum absolute atomic E-state index is 11.9. The van der Waals surface area contributed by atoms with Gasteiger partial charge in [0, 0.05) is 12.6 Å². The normalized spacial score (nSPS) is 31.5. The van der Waals surface area contributed by atoms with Gasteiger partial charge < -0.3 is 10.2 Å². The van der Waals surface area contributed by atoms with Crippen molar-refractivity contribution in [3.63, 3.8) is 0 Å². The van der Waals surface area contributed by atoms with Crippen molar-refractivity contribution in [2.45, 2.75) is 38.3 Å². The third kappa shape index (κ3) is 1.42. The van der Waals surface area contributed by atoms with E-state index in [2.05, 4.69) is 10.6 Å². The van der Waals surface area contributed by atoms with Crippen molar-refractivity contribution in [3.05, 3.63) is 0 Å². The summed E-state index contributed by atoms with van der Waals surface area (Å²) in [6, 6.07) is -0.199. The minimum absolute atomic E-state index is 0.0522. The summed E-state index contributed by atoms with van der Waals surface area (Å²) in [7, 11) is 0. The molecule has 0 saturated carbocycles. The van der Waals surface area contributed by atoms with Gasteiger partial charge in [0.25, 0.3) is 5.91 Å². The SMILES string of the molecule is CC(C)N1C(=O)NC(=O)C12CCCNC2. The first-order chi connectivity index (χ1) is 7.08. The molecule has 0 radical (unpaired) electrons. The number of hydrogen-bond acceptors (Lipinski definition) is 3. The van der Waals surface area contributed by atoms with Crippen LogP contribution >= 0.6 is 0 Å². The minimum Gasteiger partial charge on any atom is -0.314 e. The monoisotopic (exact) mass is 211 g/mol. The van der Waals surface area contributed by atoms with Crippen molar-refractivity contribution < 1.29 is 9.59 Å². The van der Waals surface area contributed by atoms with E-state index in [-0.39, 0.29) is 18.0 Å². The van der Waals surface area contributed by atoms with Crippen LogP contribution in [0.2, 0.25) is 0 Å².